The van der Waals surface area contributed by atoms with Crippen LogP contribution < -0.4 is 11.3 Å². The number of pyridine rings is 2. The van der Waals surface area contributed by atoms with Crippen LogP contribution in [0.15, 0.2) is 16.9 Å². The molecule has 2 aliphatic rings. The number of aromatic nitrogens is 2. The quantitative estimate of drug-likeness (QED) is 0.444. The van der Waals surface area contributed by atoms with Crippen LogP contribution in [0.1, 0.15) is 59.8 Å². The van der Waals surface area contributed by atoms with Gasteiger partial charge in [0.25, 0.3) is 5.56 Å². The standard InChI is InChI=1S/C23H21FN2O4.C2H6.CH5N/c1-11-12-4-3-5-13-15-8-26-19(22(15)25-18(21(12)13)7-17(11)24)6-14(20(28)9-27)16(10-30-2)23(26)29;2*1-2/h6-7,9,20,28H,3-5,8,10H2,1-2H3;1-2H3;2H2,1H3. The van der Waals surface area contributed by atoms with E-state index in [-0.39, 0.29) is 29.1 Å². The maximum atomic E-state index is 14.5. The molecule has 1 aromatic carbocycles. The molecule has 1 aliphatic carbocycles. The number of methoxy groups -OCH3 is 1. The van der Waals surface area contributed by atoms with Crippen molar-refractivity contribution in [1.29, 1.82) is 0 Å². The number of carbonyl (C=O) groups excluding carboxylic acids is 1. The van der Waals surface area contributed by atoms with Crippen molar-refractivity contribution in [2.75, 3.05) is 14.2 Å². The second-order valence-corrected chi connectivity index (χ2v) is 8.00. The lowest BCUT2D eigenvalue weighted by molar-refractivity contribution is -0.115. The van der Waals surface area contributed by atoms with E-state index in [0.29, 0.717) is 35.3 Å². The summed E-state index contributed by atoms with van der Waals surface area (Å²) >= 11 is 0. The molecule has 1 unspecified atom stereocenters. The molecule has 1 aliphatic heterocycles. The zero-order valence-electron chi connectivity index (χ0n) is 20.4. The molecule has 3 N–H and O–H groups in total. The Morgan fingerprint density at radius 3 is 2.56 bits per heavy atom. The minimum atomic E-state index is -1.43. The first-order valence-electron chi connectivity index (χ1n) is 11.6. The Morgan fingerprint density at radius 2 is 1.91 bits per heavy atom. The van der Waals surface area contributed by atoms with Gasteiger partial charge in [-0.15, -0.1) is 0 Å². The fraction of sp³-hybridized carbons (Fsp3) is 0.423. The first kappa shape index (κ1) is 25.7. The smallest absolute Gasteiger partial charge is 0.257 e. The number of carbonyl (C=O) groups is 1. The predicted molar refractivity (Wildman–Crippen MR) is 130 cm³/mol. The number of aliphatic hydroxyl groups is 1. The number of aliphatic hydroxyl groups excluding tert-OH is 1. The van der Waals surface area contributed by atoms with Crippen molar-refractivity contribution in [2.24, 2.45) is 5.73 Å². The van der Waals surface area contributed by atoms with E-state index in [1.54, 1.807) is 17.6 Å². The Balaban J connectivity index is 0.000000771. The highest BCUT2D eigenvalue weighted by Crippen LogP contribution is 2.41. The van der Waals surface area contributed by atoms with Gasteiger partial charge in [0.15, 0.2) is 6.29 Å². The van der Waals surface area contributed by atoms with Crippen molar-refractivity contribution in [2.45, 2.75) is 59.3 Å². The van der Waals surface area contributed by atoms with E-state index >= 15 is 0 Å². The molecule has 5 rings (SSSR count). The number of rotatable bonds is 4. The zero-order chi connectivity index (χ0) is 25.2. The van der Waals surface area contributed by atoms with Gasteiger partial charge in [-0.3, -0.25) is 4.79 Å². The molecule has 0 saturated carbocycles. The molecule has 2 aromatic heterocycles. The fourth-order valence-corrected chi connectivity index (χ4v) is 4.95. The molecule has 0 spiro atoms. The van der Waals surface area contributed by atoms with Gasteiger partial charge in [0.2, 0.25) is 0 Å². The third kappa shape index (κ3) is 3.96. The molecule has 0 saturated heterocycles. The lowest BCUT2D eigenvalue weighted by atomic mass is 9.85. The number of ether oxygens (including phenoxy) is 1. The van der Waals surface area contributed by atoms with Gasteiger partial charge in [0, 0.05) is 35.3 Å². The molecule has 3 heterocycles. The van der Waals surface area contributed by atoms with Gasteiger partial charge < -0.3 is 24.9 Å². The minimum Gasteiger partial charge on any atom is -0.381 e. The minimum absolute atomic E-state index is 0.00743. The van der Waals surface area contributed by atoms with Crippen LogP contribution in [0, 0.1) is 12.7 Å². The van der Waals surface area contributed by atoms with Crippen LogP contribution in [0.3, 0.4) is 0 Å². The molecule has 7 nitrogen and oxygen atoms in total. The lowest BCUT2D eigenvalue weighted by Crippen LogP contribution is -2.26. The van der Waals surface area contributed by atoms with E-state index < -0.39 is 6.10 Å². The van der Waals surface area contributed by atoms with E-state index in [9.17, 15) is 19.1 Å². The number of fused-ring (bicyclic) bond motifs is 4. The summed E-state index contributed by atoms with van der Waals surface area (Å²) in [6.07, 6.45) is 1.54. The summed E-state index contributed by atoms with van der Waals surface area (Å²) in [5.74, 6) is -0.277. The Kier molecular flexibility index (Phi) is 7.97. The molecular weight excluding hydrogens is 437 g/mol. The first-order valence-corrected chi connectivity index (χ1v) is 11.6. The molecule has 1 atom stereocenters. The summed E-state index contributed by atoms with van der Waals surface area (Å²) in [6, 6.07) is 3.10. The molecule has 34 heavy (non-hydrogen) atoms. The van der Waals surface area contributed by atoms with Crippen molar-refractivity contribution in [1.82, 2.24) is 9.55 Å². The Hall–Kier alpha value is -2.94. The van der Waals surface area contributed by atoms with Crippen LogP contribution in [-0.2, 0) is 35.5 Å². The number of aryl methyl sites for hydroxylation is 2. The van der Waals surface area contributed by atoms with Crippen molar-refractivity contribution in [3.8, 4) is 11.4 Å². The maximum absolute atomic E-state index is 14.5. The molecule has 0 radical (unpaired) electrons. The van der Waals surface area contributed by atoms with E-state index in [0.717, 1.165) is 41.3 Å². The summed E-state index contributed by atoms with van der Waals surface area (Å²) in [7, 11) is 2.96. The monoisotopic (exact) mass is 469 g/mol. The predicted octanol–water partition coefficient (Wildman–Crippen LogP) is 3.34. The van der Waals surface area contributed by atoms with Gasteiger partial charge in [-0.05, 0) is 56.0 Å². The molecule has 0 amide bonds. The number of aldehydes is 1. The van der Waals surface area contributed by atoms with Crippen LogP contribution >= 0.6 is 0 Å². The summed E-state index contributed by atoms with van der Waals surface area (Å²) in [6.45, 7) is 6.16. The van der Waals surface area contributed by atoms with Gasteiger partial charge in [0.05, 0.1) is 30.1 Å². The average Bonchev–Trinajstić information content (AvgIpc) is 3.25. The number of nitrogens with two attached hydrogens (primary N) is 1. The Labute approximate surface area is 198 Å². The molecule has 0 bridgehead atoms. The number of hydrogen-bond donors (Lipinski definition) is 2. The highest BCUT2D eigenvalue weighted by molar-refractivity contribution is 5.92. The molecule has 182 valence electrons. The van der Waals surface area contributed by atoms with Crippen molar-refractivity contribution < 1.29 is 19.0 Å². The average molecular weight is 470 g/mol. The molecule has 8 heteroatoms. The van der Waals surface area contributed by atoms with Crippen molar-refractivity contribution >= 4 is 17.2 Å². The van der Waals surface area contributed by atoms with E-state index in [1.165, 1.54) is 20.2 Å². The molecule has 3 aromatic rings. The SMILES string of the molecule is CC.CN.COCc1c(C(O)C=O)cc2n(c1=O)Cc1c-2nc2cc(F)c(C)c3c2c1CCC3. The van der Waals surface area contributed by atoms with E-state index in [2.05, 4.69) is 5.73 Å². The number of nitrogens with zero attached hydrogens (tertiary/aromatic N) is 2. The van der Waals surface area contributed by atoms with Gasteiger partial charge in [0.1, 0.15) is 11.9 Å². The van der Waals surface area contributed by atoms with Crippen molar-refractivity contribution in [3.05, 3.63) is 61.7 Å². The van der Waals surface area contributed by atoms with Crippen LogP contribution in [0.25, 0.3) is 22.3 Å². The van der Waals surface area contributed by atoms with Crippen LogP contribution in [0.2, 0.25) is 0 Å². The van der Waals surface area contributed by atoms with Gasteiger partial charge in [-0.2, -0.15) is 0 Å². The second-order valence-electron chi connectivity index (χ2n) is 8.00. The normalized spacial score (nSPS) is 13.8. The largest absolute Gasteiger partial charge is 0.381 e. The lowest BCUT2D eigenvalue weighted by Gasteiger charge is -2.21. The number of benzene rings is 1. The van der Waals surface area contributed by atoms with Crippen LogP contribution in [-0.4, -0.2) is 35.1 Å². The summed E-state index contributed by atoms with van der Waals surface area (Å²) in [4.78, 5) is 29.2. The van der Waals surface area contributed by atoms with Crippen LogP contribution in [0.4, 0.5) is 4.39 Å². The summed E-state index contributed by atoms with van der Waals surface area (Å²) in [5, 5.41) is 11.2. The summed E-state index contributed by atoms with van der Waals surface area (Å²) in [5.41, 5.74) is 10.2. The summed E-state index contributed by atoms with van der Waals surface area (Å²) < 4.78 is 21.3. The third-order valence-electron chi connectivity index (χ3n) is 6.40. The second kappa shape index (κ2) is 10.5. The zero-order valence-corrected chi connectivity index (χ0v) is 20.4. The third-order valence-corrected chi connectivity index (χ3v) is 6.40. The maximum Gasteiger partial charge on any atom is 0.257 e. The molecule has 0 fully saturated rings. The van der Waals surface area contributed by atoms with Gasteiger partial charge in [-0.25, -0.2) is 9.37 Å². The molecular formula is C26H32FN3O4. The highest BCUT2D eigenvalue weighted by Gasteiger charge is 2.31. The Morgan fingerprint density at radius 1 is 1.24 bits per heavy atom. The first-order chi connectivity index (χ1) is 16.5. The van der Waals surface area contributed by atoms with E-state index in [1.807, 2.05) is 13.8 Å². The van der Waals surface area contributed by atoms with Gasteiger partial charge >= 0.3 is 0 Å². The number of hydrogen-bond acceptors (Lipinski definition) is 6. The Bertz CT molecular complexity index is 1300. The fourth-order valence-electron chi connectivity index (χ4n) is 4.95. The van der Waals surface area contributed by atoms with Gasteiger partial charge in [-0.1, -0.05) is 13.8 Å². The van der Waals surface area contributed by atoms with Crippen LogP contribution in [0.5, 0.6) is 0 Å². The van der Waals surface area contributed by atoms with E-state index in [4.69, 9.17) is 9.72 Å². The van der Waals surface area contributed by atoms with Crippen molar-refractivity contribution in [3.63, 3.8) is 0 Å². The highest BCUT2D eigenvalue weighted by atomic mass is 19.1. The topological polar surface area (TPSA) is 107 Å². The number of halogens is 1.